The van der Waals surface area contributed by atoms with Crippen molar-refractivity contribution in [3.05, 3.63) is 58.1 Å². The van der Waals surface area contributed by atoms with Crippen LogP contribution < -0.4 is 0 Å². The van der Waals surface area contributed by atoms with Gasteiger partial charge in [0.2, 0.25) is 0 Å². The van der Waals surface area contributed by atoms with Crippen LogP contribution in [0.2, 0.25) is 0 Å². The number of aryl methyl sites for hydroxylation is 1. The first-order valence-corrected chi connectivity index (χ1v) is 6.60. The van der Waals surface area contributed by atoms with Crippen molar-refractivity contribution in [2.75, 3.05) is 0 Å². The molecule has 1 aromatic carbocycles. The van der Waals surface area contributed by atoms with Gasteiger partial charge in [-0.15, -0.1) is 0 Å². The van der Waals surface area contributed by atoms with Crippen LogP contribution in [0.3, 0.4) is 0 Å². The summed E-state index contributed by atoms with van der Waals surface area (Å²) >= 11 is 3.38. The number of allylic oxidation sites excluding steroid dienone is 1. The highest BCUT2D eigenvalue weighted by molar-refractivity contribution is 9.10. The second kappa shape index (κ2) is 5.93. The summed E-state index contributed by atoms with van der Waals surface area (Å²) in [6.45, 7) is 2.69. The number of carbonyl (C=O) groups is 1. The molecule has 0 fully saturated rings. The average Bonchev–Trinajstić information content (AvgIpc) is 2.77. The average molecular weight is 323 g/mol. The lowest BCUT2D eigenvalue weighted by atomic mass is 10.1. The van der Waals surface area contributed by atoms with E-state index in [4.69, 9.17) is 0 Å². The summed E-state index contributed by atoms with van der Waals surface area (Å²) in [5.74, 6) is -0.525. The van der Waals surface area contributed by atoms with Crippen LogP contribution in [-0.2, 0) is 6.54 Å². The standard InChI is InChI=1S/C14H12BrFN2O/c1-2-18-13(12(15)9-17-18)7-8-14(19)10-3-5-11(16)6-4-10/h3-9H,2H2,1H3/b8-7+. The lowest BCUT2D eigenvalue weighted by molar-refractivity contribution is 0.104. The van der Waals surface area contributed by atoms with Gasteiger partial charge < -0.3 is 0 Å². The highest BCUT2D eigenvalue weighted by atomic mass is 79.9. The van der Waals surface area contributed by atoms with E-state index in [1.807, 2.05) is 6.92 Å². The predicted octanol–water partition coefficient (Wildman–Crippen LogP) is 3.70. The van der Waals surface area contributed by atoms with Crippen molar-refractivity contribution in [1.82, 2.24) is 9.78 Å². The summed E-state index contributed by atoms with van der Waals surface area (Å²) < 4.78 is 15.4. The van der Waals surface area contributed by atoms with Gasteiger partial charge in [-0.2, -0.15) is 5.10 Å². The van der Waals surface area contributed by atoms with Crippen LogP contribution in [0.1, 0.15) is 23.0 Å². The van der Waals surface area contributed by atoms with Crippen molar-refractivity contribution in [2.24, 2.45) is 0 Å². The minimum absolute atomic E-state index is 0.171. The van der Waals surface area contributed by atoms with Crippen LogP contribution in [0.5, 0.6) is 0 Å². The van der Waals surface area contributed by atoms with Crippen LogP contribution in [0, 0.1) is 5.82 Å². The first kappa shape index (κ1) is 13.7. The number of nitrogens with zero attached hydrogens (tertiary/aromatic N) is 2. The fourth-order valence-corrected chi connectivity index (χ4v) is 2.08. The number of hydrogen-bond acceptors (Lipinski definition) is 2. The smallest absolute Gasteiger partial charge is 0.185 e. The third-order valence-electron chi connectivity index (χ3n) is 2.65. The van der Waals surface area contributed by atoms with E-state index in [0.717, 1.165) is 16.7 Å². The molecule has 0 N–H and O–H groups in total. The van der Waals surface area contributed by atoms with Crippen molar-refractivity contribution >= 4 is 27.8 Å². The van der Waals surface area contributed by atoms with Crippen LogP contribution in [0.25, 0.3) is 6.08 Å². The van der Waals surface area contributed by atoms with Crippen molar-refractivity contribution in [1.29, 1.82) is 0 Å². The Morgan fingerprint density at radius 3 is 2.74 bits per heavy atom. The molecule has 0 saturated heterocycles. The monoisotopic (exact) mass is 322 g/mol. The Hall–Kier alpha value is -1.75. The maximum atomic E-state index is 12.8. The molecule has 0 amide bonds. The summed E-state index contributed by atoms with van der Waals surface area (Å²) in [6, 6.07) is 5.48. The van der Waals surface area contributed by atoms with E-state index in [1.54, 1.807) is 17.0 Å². The van der Waals surface area contributed by atoms with Gasteiger partial charge in [-0.25, -0.2) is 4.39 Å². The Kier molecular flexibility index (Phi) is 4.27. The van der Waals surface area contributed by atoms with E-state index in [-0.39, 0.29) is 11.6 Å². The number of aromatic nitrogens is 2. The molecular weight excluding hydrogens is 311 g/mol. The maximum absolute atomic E-state index is 12.8. The number of hydrogen-bond donors (Lipinski definition) is 0. The Morgan fingerprint density at radius 2 is 2.11 bits per heavy atom. The Balaban J connectivity index is 2.20. The van der Waals surface area contributed by atoms with Gasteiger partial charge in [0.1, 0.15) is 5.82 Å². The number of rotatable bonds is 4. The zero-order valence-electron chi connectivity index (χ0n) is 10.3. The molecule has 0 spiro atoms. The second-order valence-electron chi connectivity index (χ2n) is 3.90. The summed E-state index contributed by atoms with van der Waals surface area (Å²) in [5, 5.41) is 4.15. The molecule has 0 saturated carbocycles. The highest BCUT2D eigenvalue weighted by Crippen LogP contribution is 2.18. The molecule has 1 heterocycles. The molecule has 0 unspecified atom stereocenters. The third kappa shape index (κ3) is 3.17. The van der Waals surface area contributed by atoms with Gasteiger partial charge in [0, 0.05) is 12.1 Å². The molecule has 5 heteroatoms. The number of halogens is 2. The molecule has 0 atom stereocenters. The lowest BCUT2D eigenvalue weighted by Gasteiger charge is -2.00. The van der Waals surface area contributed by atoms with Crippen molar-refractivity contribution in [2.45, 2.75) is 13.5 Å². The van der Waals surface area contributed by atoms with Crippen molar-refractivity contribution in [3.63, 3.8) is 0 Å². The fraction of sp³-hybridized carbons (Fsp3) is 0.143. The van der Waals surface area contributed by atoms with Crippen LogP contribution in [0.4, 0.5) is 4.39 Å². The normalized spacial score (nSPS) is 11.1. The Morgan fingerprint density at radius 1 is 1.42 bits per heavy atom. The van der Waals surface area contributed by atoms with Crippen LogP contribution >= 0.6 is 15.9 Å². The lowest BCUT2D eigenvalue weighted by Crippen LogP contribution is -1.99. The van der Waals surface area contributed by atoms with Gasteiger partial charge in [0.25, 0.3) is 0 Å². The summed E-state index contributed by atoms with van der Waals surface area (Å²) in [5.41, 5.74) is 1.29. The molecule has 98 valence electrons. The van der Waals surface area contributed by atoms with E-state index in [1.165, 1.54) is 30.3 Å². The van der Waals surface area contributed by atoms with Gasteiger partial charge in [0.05, 0.1) is 16.4 Å². The largest absolute Gasteiger partial charge is 0.289 e. The first-order valence-electron chi connectivity index (χ1n) is 5.81. The van der Waals surface area contributed by atoms with E-state index in [2.05, 4.69) is 21.0 Å². The zero-order valence-corrected chi connectivity index (χ0v) is 11.9. The molecule has 0 aliphatic carbocycles. The fourth-order valence-electron chi connectivity index (χ4n) is 1.65. The maximum Gasteiger partial charge on any atom is 0.185 e. The molecule has 0 aliphatic heterocycles. The van der Waals surface area contributed by atoms with Gasteiger partial charge in [0.15, 0.2) is 5.78 Å². The van der Waals surface area contributed by atoms with Gasteiger partial charge in [-0.05, 0) is 59.3 Å². The van der Waals surface area contributed by atoms with E-state index < -0.39 is 0 Å². The van der Waals surface area contributed by atoms with Gasteiger partial charge >= 0.3 is 0 Å². The molecule has 0 aliphatic rings. The summed E-state index contributed by atoms with van der Waals surface area (Å²) in [7, 11) is 0. The summed E-state index contributed by atoms with van der Waals surface area (Å²) in [4.78, 5) is 11.9. The number of benzene rings is 1. The molecule has 2 aromatic rings. The van der Waals surface area contributed by atoms with E-state index >= 15 is 0 Å². The zero-order chi connectivity index (χ0) is 13.8. The van der Waals surface area contributed by atoms with E-state index in [9.17, 15) is 9.18 Å². The predicted molar refractivity (Wildman–Crippen MR) is 75.4 cm³/mol. The van der Waals surface area contributed by atoms with Crippen molar-refractivity contribution in [3.8, 4) is 0 Å². The molecule has 19 heavy (non-hydrogen) atoms. The van der Waals surface area contributed by atoms with Crippen LogP contribution in [0.15, 0.2) is 41.0 Å². The second-order valence-corrected chi connectivity index (χ2v) is 4.75. The SMILES string of the molecule is CCn1ncc(Br)c1/C=C/C(=O)c1ccc(F)cc1. The van der Waals surface area contributed by atoms with Crippen molar-refractivity contribution < 1.29 is 9.18 Å². The highest BCUT2D eigenvalue weighted by Gasteiger charge is 2.06. The first-order chi connectivity index (χ1) is 9.11. The molecule has 0 radical (unpaired) electrons. The quantitative estimate of drug-likeness (QED) is 0.635. The van der Waals surface area contributed by atoms with E-state index in [0.29, 0.717) is 5.56 Å². The molecule has 2 rings (SSSR count). The minimum Gasteiger partial charge on any atom is -0.289 e. The van der Waals surface area contributed by atoms with Gasteiger partial charge in [-0.1, -0.05) is 0 Å². The Labute approximate surface area is 118 Å². The Bertz CT molecular complexity index is 617. The third-order valence-corrected chi connectivity index (χ3v) is 3.27. The molecule has 1 aromatic heterocycles. The molecule has 3 nitrogen and oxygen atoms in total. The number of ketones is 1. The molecular formula is C14H12BrFN2O. The van der Waals surface area contributed by atoms with Gasteiger partial charge in [-0.3, -0.25) is 9.48 Å². The van der Waals surface area contributed by atoms with Crippen LogP contribution in [-0.4, -0.2) is 15.6 Å². The molecule has 0 bridgehead atoms. The minimum atomic E-state index is -0.354. The topological polar surface area (TPSA) is 34.9 Å². The number of carbonyl (C=O) groups excluding carboxylic acids is 1. The summed E-state index contributed by atoms with van der Waals surface area (Å²) in [6.07, 6.45) is 4.85.